The number of hydrogen-bond donors (Lipinski definition) is 2. The molecule has 5 nitrogen and oxygen atoms in total. The summed E-state index contributed by atoms with van der Waals surface area (Å²) in [6.45, 7) is 3.41. The predicted molar refractivity (Wildman–Crippen MR) is 60.8 cm³/mol. The summed E-state index contributed by atoms with van der Waals surface area (Å²) in [6, 6.07) is 0.395. The van der Waals surface area contributed by atoms with Crippen LogP contribution >= 0.6 is 0 Å². The average Bonchev–Trinajstić information content (AvgIpc) is 2.14. The Morgan fingerprint density at radius 1 is 1.47 bits per heavy atom. The Morgan fingerprint density at radius 2 is 2.13 bits per heavy atom. The Balaban J connectivity index is 2.50. The fraction of sp³-hybridized carbons (Fsp3) is 1.00. The minimum Gasteiger partial charge on any atom is -0.327 e. The lowest BCUT2D eigenvalue weighted by Crippen LogP contribution is -2.50. The van der Waals surface area contributed by atoms with Gasteiger partial charge in [0.05, 0.1) is 5.75 Å². The summed E-state index contributed by atoms with van der Waals surface area (Å²) in [4.78, 5) is 2.15. The molecule has 90 valence electrons. The van der Waals surface area contributed by atoms with Gasteiger partial charge in [-0.05, 0) is 26.3 Å². The highest BCUT2D eigenvalue weighted by Gasteiger charge is 2.25. The van der Waals surface area contributed by atoms with E-state index >= 15 is 0 Å². The van der Waals surface area contributed by atoms with Gasteiger partial charge >= 0.3 is 0 Å². The first-order valence-electron chi connectivity index (χ1n) is 5.40. The minimum atomic E-state index is -3.36. The van der Waals surface area contributed by atoms with E-state index in [1.165, 1.54) is 6.42 Å². The highest BCUT2D eigenvalue weighted by Crippen LogP contribution is 2.18. The Hall–Kier alpha value is -0.170. The molecule has 1 saturated heterocycles. The Bertz CT molecular complexity index is 290. The van der Waals surface area contributed by atoms with Crippen LogP contribution in [0.4, 0.5) is 0 Å². The van der Waals surface area contributed by atoms with E-state index in [0.717, 1.165) is 19.4 Å². The normalized spacial score (nSPS) is 26.5. The number of hydrogen-bond acceptors (Lipinski definition) is 4. The second-order valence-corrected chi connectivity index (χ2v) is 6.06. The number of rotatable bonds is 4. The van der Waals surface area contributed by atoms with E-state index in [1.54, 1.807) is 0 Å². The molecule has 0 aromatic heterocycles. The second-order valence-electron chi connectivity index (χ2n) is 4.33. The van der Waals surface area contributed by atoms with E-state index in [1.807, 2.05) is 6.92 Å². The first kappa shape index (κ1) is 12.9. The van der Waals surface area contributed by atoms with Crippen molar-refractivity contribution in [2.45, 2.75) is 38.3 Å². The number of primary sulfonamides is 1. The van der Waals surface area contributed by atoms with E-state index < -0.39 is 10.0 Å². The quantitative estimate of drug-likeness (QED) is 0.686. The van der Waals surface area contributed by atoms with Crippen molar-refractivity contribution in [2.75, 3.05) is 18.8 Å². The zero-order valence-electron chi connectivity index (χ0n) is 9.22. The van der Waals surface area contributed by atoms with Gasteiger partial charge < -0.3 is 5.73 Å². The molecule has 2 atom stereocenters. The lowest BCUT2D eigenvalue weighted by atomic mass is 9.97. The molecule has 1 heterocycles. The first-order chi connectivity index (χ1) is 6.90. The molecular weight excluding hydrogens is 214 g/mol. The largest absolute Gasteiger partial charge is 0.327 e. The van der Waals surface area contributed by atoms with Crippen LogP contribution in [0.15, 0.2) is 0 Å². The van der Waals surface area contributed by atoms with E-state index in [2.05, 4.69) is 4.90 Å². The van der Waals surface area contributed by atoms with Crippen molar-refractivity contribution in [3.63, 3.8) is 0 Å². The molecule has 0 spiro atoms. The number of piperidine rings is 1. The van der Waals surface area contributed by atoms with E-state index in [4.69, 9.17) is 10.9 Å². The smallest absolute Gasteiger partial charge is 0.210 e. The molecule has 1 aliphatic rings. The van der Waals surface area contributed by atoms with E-state index in [9.17, 15) is 8.42 Å². The molecule has 0 aliphatic carbocycles. The molecule has 2 unspecified atom stereocenters. The van der Waals surface area contributed by atoms with Gasteiger partial charge in [-0.1, -0.05) is 6.42 Å². The maximum absolute atomic E-state index is 10.9. The molecule has 0 aromatic rings. The van der Waals surface area contributed by atoms with E-state index in [0.29, 0.717) is 12.6 Å². The van der Waals surface area contributed by atoms with Crippen molar-refractivity contribution in [2.24, 2.45) is 10.9 Å². The van der Waals surface area contributed by atoms with Crippen molar-refractivity contribution in [1.29, 1.82) is 0 Å². The molecule has 0 aromatic carbocycles. The minimum absolute atomic E-state index is 0.0240. The van der Waals surface area contributed by atoms with Gasteiger partial charge in [-0.15, -0.1) is 0 Å². The van der Waals surface area contributed by atoms with E-state index in [-0.39, 0.29) is 11.8 Å². The van der Waals surface area contributed by atoms with Gasteiger partial charge in [0, 0.05) is 18.6 Å². The summed E-state index contributed by atoms with van der Waals surface area (Å²) in [5.41, 5.74) is 5.87. The van der Waals surface area contributed by atoms with Crippen molar-refractivity contribution in [3.8, 4) is 0 Å². The number of sulfonamides is 1. The summed E-state index contributed by atoms with van der Waals surface area (Å²) >= 11 is 0. The first-order valence-corrected chi connectivity index (χ1v) is 7.12. The summed E-state index contributed by atoms with van der Waals surface area (Å²) in [6.07, 6.45) is 3.36. The zero-order valence-corrected chi connectivity index (χ0v) is 10.0. The second kappa shape index (κ2) is 5.25. The van der Waals surface area contributed by atoms with Crippen LogP contribution < -0.4 is 10.9 Å². The molecule has 0 saturated carbocycles. The van der Waals surface area contributed by atoms with Crippen LogP contribution in [0.25, 0.3) is 0 Å². The molecule has 0 radical (unpaired) electrons. The van der Waals surface area contributed by atoms with Gasteiger partial charge in [0.25, 0.3) is 0 Å². The zero-order chi connectivity index (χ0) is 11.5. The van der Waals surface area contributed by atoms with Gasteiger partial charge in [0.15, 0.2) is 0 Å². The number of nitrogens with zero attached hydrogens (tertiary/aromatic N) is 1. The maximum Gasteiger partial charge on any atom is 0.210 e. The van der Waals surface area contributed by atoms with Crippen LogP contribution in [0.5, 0.6) is 0 Å². The maximum atomic E-state index is 10.9. The molecule has 1 fully saturated rings. The van der Waals surface area contributed by atoms with Crippen LogP contribution in [-0.2, 0) is 10.0 Å². The molecule has 15 heavy (non-hydrogen) atoms. The fourth-order valence-electron chi connectivity index (χ4n) is 2.13. The Morgan fingerprint density at radius 3 is 2.67 bits per heavy atom. The van der Waals surface area contributed by atoms with Crippen LogP contribution in [-0.4, -0.2) is 44.2 Å². The van der Waals surface area contributed by atoms with Crippen molar-refractivity contribution in [3.05, 3.63) is 0 Å². The lowest BCUT2D eigenvalue weighted by Gasteiger charge is -2.37. The third-order valence-electron chi connectivity index (χ3n) is 2.93. The van der Waals surface area contributed by atoms with Crippen LogP contribution in [0, 0.1) is 0 Å². The summed E-state index contributed by atoms with van der Waals surface area (Å²) in [5.74, 6) is 0.0240. The predicted octanol–water partition coefficient (Wildman–Crippen LogP) is -0.523. The lowest BCUT2D eigenvalue weighted by molar-refractivity contribution is 0.139. The molecule has 6 heteroatoms. The van der Waals surface area contributed by atoms with Crippen molar-refractivity contribution >= 4 is 10.0 Å². The Labute approximate surface area is 91.9 Å². The Kier molecular flexibility index (Phi) is 4.51. The molecule has 1 rings (SSSR count). The van der Waals surface area contributed by atoms with Gasteiger partial charge in [-0.3, -0.25) is 4.90 Å². The standard InChI is InChI=1S/C9H21N3O2S/c1-8(10)9-4-2-3-5-12(9)6-7-15(11,13)14/h8-9H,2-7,10H2,1H3,(H2,11,13,14). The molecule has 4 N–H and O–H groups in total. The van der Waals surface area contributed by atoms with Crippen LogP contribution in [0.1, 0.15) is 26.2 Å². The van der Waals surface area contributed by atoms with Crippen LogP contribution in [0.3, 0.4) is 0 Å². The molecule has 0 amide bonds. The van der Waals surface area contributed by atoms with Gasteiger partial charge in [0.2, 0.25) is 10.0 Å². The van der Waals surface area contributed by atoms with Crippen molar-refractivity contribution in [1.82, 2.24) is 4.90 Å². The molecule has 1 aliphatic heterocycles. The number of nitrogens with two attached hydrogens (primary N) is 2. The summed E-state index contributed by atoms with van der Waals surface area (Å²) in [5, 5.41) is 4.99. The third-order valence-corrected chi connectivity index (χ3v) is 3.69. The summed E-state index contributed by atoms with van der Waals surface area (Å²) in [7, 11) is -3.36. The van der Waals surface area contributed by atoms with Gasteiger partial charge in [-0.2, -0.15) is 0 Å². The SMILES string of the molecule is CC(N)C1CCCCN1CCS(N)(=O)=O. The summed E-state index contributed by atoms with van der Waals surface area (Å²) < 4.78 is 21.7. The van der Waals surface area contributed by atoms with Gasteiger partial charge in [-0.25, -0.2) is 13.6 Å². The number of likely N-dealkylation sites (tertiary alicyclic amines) is 1. The molecular formula is C9H21N3O2S. The van der Waals surface area contributed by atoms with Gasteiger partial charge in [0.1, 0.15) is 0 Å². The molecule has 0 bridgehead atoms. The topological polar surface area (TPSA) is 89.4 Å². The average molecular weight is 235 g/mol. The highest BCUT2D eigenvalue weighted by atomic mass is 32.2. The monoisotopic (exact) mass is 235 g/mol. The third kappa shape index (κ3) is 4.46. The highest BCUT2D eigenvalue weighted by molar-refractivity contribution is 7.89. The van der Waals surface area contributed by atoms with Crippen LogP contribution in [0.2, 0.25) is 0 Å². The fourth-order valence-corrected chi connectivity index (χ4v) is 2.62. The van der Waals surface area contributed by atoms with Crippen molar-refractivity contribution < 1.29 is 8.42 Å².